The van der Waals surface area contributed by atoms with Crippen LogP contribution in [0, 0.1) is 22.7 Å². The first-order valence-electron chi connectivity index (χ1n) is 2.64. The lowest BCUT2D eigenvalue weighted by Crippen LogP contribution is -1.96. The van der Waals surface area contributed by atoms with Gasteiger partial charge in [-0.2, -0.15) is 5.26 Å². The van der Waals surface area contributed by atoms with E-state index in [0.29, 0.717) is 12.3 Å². The highest BCUT2D eigenvalue weighted by Gasteiger charge is 1.96. The van der Waals surface area contributed by atoms with Gasteiger partial charge in [-0.05, 0) is 5.92 Å². The van der Waals surface area contributed by atoms with Crippen LogP contribution in [0.4, 0.5) is 0 Å². The zero-order valence-corrected chi connectivity index (χ0v) is 5.23. The number of rotatable bonds is 2. The van der Waals surface area contributed by atoms with Gasteiger partial charge < -0.3 is 0 Å². The molecule has 0 rings (SSSR count). The van der Waals surface area contributed by atoms with Crippen molar-refractivity contribution in [2.45, 2.75) is 20.3 Å². The molecular weight excluding hydrogens is 100 g/mol. The smallest absolute Gasteiger partial charge is 0.114 e. The molecule has 2 nitrogen and oxygen atoms in total. The van der Waals surface area contributed by atoms with Crippen molar-refractivity contribution in [2.24, 2.45) is 5.92 Å². The van der Waals surface area contributed by atoms with E-state index in [-0.39, 0.29) is 5.71 Å². The van der Waals surface area contributed by atoms with E-state index in [1.807, 2.05) is 13.8 Å². The zero-order valence-electron chi connectivity index (χ0n) is 5.23. The van der Waals surface area contributed by atoms with Gasteiger partial charge in [0.2, 0.25) is 0 Å². The summed E-state index contributed by atoms with van der Waals surface area (Å²) >= 11 is 0. The minimum absolute atomic E-state index is 0.181. The molecule has 0 aromatic rings. The SMILES string of the molecule is CC(C)CC(=N)C#N. The normalized spacial score (nSPS) is 8.75. The van der Waals surface area contributed by atoms with Crippen molar-refractivity contribution in [1.29, 1.82) is 10.7 Å². The highest BCUT2D eigenvalue weighted by atomic mass is 14.4. The molecule has 0 aromatic carbocycles. The number of nitriles is 1. The van der Waals surface area contributed by atoms with Gasteiger partial charge in [-0.3, -0.25) is 5.41 Å². The third-order valence-corrected chi connectivity index (χ3v) is 0.747. The lowest BCUT2D eigenvalue weighted by molar-refractivity contribution is 0.684. The minimum atomic E-state index is 0.181. The molecule has 0 bridgehead atoms. The summed E-state index contributed by atoms with van der Waals surface area (Å²) in [6.07, 6.45) is 0.608. The molecule has 8 heavy (non-hydrogen) atoms. The Hall–Kier alpha value is -0.840. The molecule has 0 radical (unpaired) electrons. The standard InChI is InChI=1S/C6H10N2/c1-5(2)3-6(8)4-7/h5,8H,3H2,1-2H3. The Bertz CT molecular complexity index is 119. The van der Waals surface area contributed by atoms with Gasteiger partial charge in [0, 0.05) is 6.42 Å². The summed E-state index contributed by atoms with van der Waals surface area (Å²) in [7, 11) is 0. The average molecular weight is 110 g/mol. The van der Waals surface area contributed by atoms with Crippen LogP contribution < -0.4 is 0 Å². The van der Waals surface area contributed by atoms with E-state index in [1.54, 1.807) is 6.07 Å². The molecule has 0 aliphatic rings. The van der Waals surface area contributed by atoms with Crippen LogP contribution in [-0.2, 0) is 0 Å². The Labute approximate surface area is 49.6 Å². The first kappa shape index (κ1) is 7.16. The first-order valence-corrected chi connectivity index (χ1v) is 2.64. The van der Waals surface area contributed by atoms with Gasteiger partial charge in [-0.1, -0.05) is 13.8 Å². The zero-order chi connectivity index (χ0) is 6.57. The summed E-state index contributed by atoms with van der Waals surface area (Å²) in [5.74, 6) is 0.433. The molecule has 0 atom stereocenters. The molecule has 0 spiro atoms. The van der Waals surface area contributed by atoms with Crippen LogP contribution in [0.15, 0.2) is 0 Å². The molecule has 0 fully saturated rings. The van der Waals surface area contributed by atoms with Crippen LogP contribution in [0.1, 0.15) is 20.3 Å². The van der Waals surface area contributed by atoms with Gasteiger partial charge in [0.15, 0.2) is 0 Å². The van der Waals surface area contributed by atoms with E-state index in [0.717, 1.165) is 0 Å². The summed E-state index contributed by atoms with van der Waals surface area (Å²) in [5, 5.41) is 15.0. The quantitative estimate of drug-likeness (QED) is 0.539. The predicted octanol–water partition coefficient (Wildman–Crippen LogP) is 1.58. The van der Waals surface area contributed by atoms with Crippen molar-refractivity contribution in [1.82, 2.24) is 0 Å². The van der Waals surface area contributed by atoms with Crippen molar-refractivity contribution in [3.05, 3.63) is 0 Å². The van der Waals surface area contributed by atoms with E-state index in [2.05, 4.69) is 0 Å². The summed E-state index contributed by atoms with van der Waals surface area (Å²) < 4.78 is 0. The third kappa shape index (κ3) is 3.35. The highest BCUT2D eigenvalue weighted by molar-refractivity contribution is 5.95. The average Bonchev–Trinajstić information content (AvgIpc) is 1.65. The molecule has 1 N–H and O–H groups in total. The van der Waals surface area contributed by atoms with Gasteiger partial charge in [0.1, 0.15) is 11.8 Å². The minimum Gasteiger partial charge on any atom is -0.294 e. The second-order valence-electron chi connectivity index (χ2n) is 2.19. The molecule has 0 amide bonds. The fourth-order valence-electron chi connectivity index (χ4n) is 0.454. The van der Waals surface area contributed by atoms with Crippen molar-refractivity contribution < 1.29 is 0 Å². The van der Waals surface area contributed by atoms with E-state index in [9.17, 15) is 0 Å². The Balaban J connectivity index is 3.44. The first-order chi connectivity index (χ1) is 3.66. The van der Waals surface area contributed by atoms with Crippen LogP contribution in [-0.4, -0.2) is 5.71 Å². The lowest BCUT2D eigenvalue weighted by atomic mass is 10.1. The Morgan fingerprint density at radius 1 is 1.75 bits per heavy atom. The lowest BCUT2D eigenvalue weighted by Gasteiger charge is -1.96. The molecule has 0 heterocycles. The van der Waals surface area contributed by atoms with Crippen molar-refractivity contribution in [3.63, 3.8) is 0 Å². The van der Waals surface area contributed by atoms with E-state index >= 15 is 0 Å². The molecule has 0 saturated heterocycles. The molecule has 44 valence electrons. The topological polar surface area (TPSA) is 47.6 Å². The van der Waals surface area contributed by atoms with E-state index in [1.165, 1.54) is 0 Å². The molecule has 0 aliphatic heterocycles. The number of nitrogens with one attached hydrogen (secondary N) is 1. The Morgan fingerprint density at radius 3 is 2.38 bits per heavy atom. The van der Waals surface area contributed by atoms with Crippen molar-refractivity contribution in [2.75, 3.05) is 0 Å². The van der Waals surface area contributed by atoms with Crippen LogP contribution in [0.5, 0.6) is 0 Å². The summed E-state index contributed by atoms with van der Waals surface area (Å²) in [4.78, 5) is 0. The number of nitrogens with zero attached hydrogens (tertiary/aromatic N) is 1. The van der Waals surface area contributed by atoms with Gasteiger partial charge >= 0.3 is 0 Å². The summed E-state index contributed by atoms with van der Waals surface area (Å²) in [6, 6.07) is 1.78. The Kier molecular flexibility index (Phi) is 2.86. The van der Waals surface area contributed by atoms with Crippen molar-refractivity contribution in [3.8, 4) is 6.07 Å². The fraction of sp³-hybridized carbons (Fsp3) is 0.667. The summed E-state index contributed by atoms with van der Waals surface area (Å²) in [5.41, 5.74) is 0.181. The second kappa shape index (κ2) is 3.20. The third-order valence-electron chi connectivity index (χ3n) is 0.747. The molecule has 0 aromatic heterocycles. The molecule has 0 saturated carbocycles. The van der Waals surface area contributed by atoms with Crippen molar-refractivity contribution >= 4 is 5.71 Å². The van der Waals surface area contributed by atoms with Crippen LogP contribution in [0.25, 0.3) is 0 Å². The number of hydrogen-bond acceptors (Lipinski definition) is 2. The maximum Gasteiger partial charge on any atom is 0.114 e. The van der Waals surface area contributed by atoms with Gasteiger partial charge in [0.25, 0.3) is 0 Å². The van der Waals surface area contributed by atoms with Gasteiger partial charge in [-0.15, -0.1) is 0 Å². The maximum absolute atomic E-state index is 8.11. The van der Waals surface area contributed by atoms with Gasteiger partial charge in [0.05, 0.1) is 0 Å². The van der Waals surface area contributed by atoms with Gasteiger partial charge in [-0.25, -0.2) is 0 Å². The van der Waals surface area contributed by atoms with Crippen LogP contribution >= 0.6 is 0 Å². The van der Waals surface area contributed by atoms with Crippen LogP contribution in [0.3, 0.4) is 0 Å². The molecule has 2 heteroatoms. The monoisotopic (exact) mass is 110 g/mol. The molecule has 0 unspecified atom stereocenters. The molecular formula is C6H10N2. The number of hydrogen-bond donors (Lipinski definition) is 1. The Morgan fingerprint density at radius 2 is 2.25 bits per heavy atom. The van der Waals surface area contributed by atoms with E-state index < -0.39 is 0 Å². The highest BCUT2D eigenvalue weighted by Crippen LogP contribution is 1.98. The fourth-order valence-corrected chi connectivity index (χ4v) is 0.454. The molecule has 0 aliphatic carbocycles. The largest absolute Gasteiger partial charge is 0.294 e. The maximum atomic E-state index is 8.11. The second-order valence-corrected chi connectivity index (χ2v) is 2.19. The summed E-state index contributed by atoms with van der Waals surface area (Å²) in [6.45, 7) is 3.98. The predicted molar refractivity (Wildman–Crippen MR) is 32.8 cm³/mol. The van der Waals surface area contributed by atoms with E-state index in [4.69, 9.17) is 10.7 Å². The van der Waals surface area contributed by atoms with Crippen LogP contribution in [0.2, 0.25) is 0 Å².